The number of para-hydroxylation sites is 1. The molecule has 0 aliphatic carbocycles. The van der Waals surface area contributed by atoms with Crippen LogP contribution in [0.3, 0.4) is 0 Å². The van der Waals surface area contributed by atoms with Gasteiger partial charge in [0.15, 0.2) is 5.96 Å². The molecule has 0 radical (unpaired) electrons. The minimum Gasteiger partial charge on any atom is -0.396 e. The molecule has 2 aliphatic rings. The number of halogens is 2. The predicted octanol–water partition coefficient (Wildman–Crippen LogP) is 1.89. The highest BCUT2D eigenvalue weighted by Gasteiger charge is 2.32. The summed E-state index contributed by atoms with van der Waals surface area (Å²) in [5, 5.41) is 16.4. The van der Waals surface area contributed by atoms with Crippen LogP contribution in [0.25, 0.3) is 0 Å². The first-order valence-corrected chi connectivity index (χ1v) is 9.99. The van der Waals surface area contributed by atoms with Crippen LogP contribution in [0.5, 0.6) is 0 Å². The molecule has 3 N–H and O–H groups in total. The highest BCUT2D eigenvalue weighted by Crippen LogP contribution is 2.30. The first-order valence-electron chi connectivity index (χ1n) is 9.99. The van der Waals surface area contributed by atoms with Gasteiger partial charge < -0.3 is 25.4 Å². The van der Waals surface area contributed by atoms with Crippen molar-refractivity contribution >= 4 is 11.6 Å². The zero-order valence-corrected chi connectivity index (χ0v) is 16.4. The lowest BCUT2D eigenvalue weighted by atomic mass is 9.81. The van der Waals surface area contributed by atoms with Crippen molar-refractivity contribution in [3.05, 3.63) is 29.8 Å². The zero-order valence-electron chi connectivity index (χ0n) is 16.4. The number of aliphatic hydroxyl groups excluding tert-OH is 1. The molecular formula is C20H30F2N4O2. The van der Waals surface area contributed by atoms with E-state index in [9.17, 15) is 13.9 Å². The normalized spacial score (nSPS) is 22.4. The van der Waals surface area contributed by atoms with Crippen molar-refractivity contribution in [3.63, 3.8) is 0 Å². The van der Waals surface area contributed by atoms with Crippen molar-refractivity contribution in [2.45, 2.75) is 32.2 Å². The third kappa shape index (κ3) is 4.91. The van der Waals surface area contributed by atoms with E-state index in [2.05, 4.69) is 15.6 Å². The fraction of sp³-hybridized carbons (Fsp3) is 0.650. The average molecular weight is 396 g/mol. The van der Waals surface area contributed by atoms with Gasteiger partial charge in [-0.05, 0) is 38.3 Å². The van der Waals surface area contributed by atoms with E-state index in [0.717, 1.165) is 19.3 Å². The number of anilines is 1. The van der Waals surface area contributed by atoms with E-state index in [1.807, 2.05) is 6.92 Å². The molecule has 3 rings (SSSR count). The molecule has 1 aromatic rings. The second kappa shape index (κ2) is 9.52. The number of guanidine groups is 1. The second-order valence-corrected chi connectivity index (χ2v) is 7.61. The molecule has 2 fully saturated rings. The minimum absolute atomic E-state index is 0.0372. The molecule has 2 saturated heterocycles. The molecule has 156 valence electrons. The third-order valence-electron chi connectivity index (χ3n) is 5.59. The summed E-state index contributed by atoms with van der Waals surface area (Å²) in [6.45, 7) is 5.66. The van der Waals surface area contributed by atoms with Crippen LogP contribution < -0.4 is 15.5 Å². The molecule has 28 heavy (non-hydrogen) atoms. The third-order valence-corrected chi connectivity index (χ3v) is 5.59. The molecule has 1 atom stereocenters. The summed E-state index contributed by atoms with van der Waals surface area (Å²) >= 11 is 0. The van der Waals surface area contributed by atoms with E-state index < -0.39 is 11.6 Å². The van der Waals surface area contributed by atoms with Crippen molar-refractivity contribution in [2.24, 2.45) is 10.4 Å². The van der Waals surface area contributed by atoms with Gasteiger partial charge in [0, 0.05) is 44.3 Å². The maximum Gasteiger partial charge on any atom is 0.191 e. The zero-order chi connectivity index (χ0) is 20.0. The van der Waals surface area contributed by atoms with Crippen molar-refractivity contribution in [1.82, 2.24) is 10.6 Å². The van der Waals surface area contributed by atoms with Gasteiger partial charge in [0.05, 0.1) is 13.2 Å². The van der Waals surface area contributed by atoms with Gasteiger partial charge in [-0.25, -0.2) is 8.78 Å². The molecule has 2 aliphatic heterocycles. The number of rotatable bonds is 6. The molecule has 0 saturated carbocycles. The lowest BCUT2D eigenvalue weighted by Crippen LogP contribution is -2.46. The highest BCUT2D eigenvalue weighted by molar-refractivity contribution is 5.80. The molecule has 0 amide bonds. The summed E-state index contributed by atoms with van der Waals surface area (Å²) in [6, 6.07) is 3.99. The molecule has 0 aromatic heterocycles. The minimum atomic E-state index is -0.536. The molecule has 1 unspecified atom stereocenters. The van der Waals surface area contributed by atoms with Crippen LogP contribution in [0.1, 0.15) is 26.2 Å². The SMILES string of the molecule is CCNC(=NCC1(CO)CCOCC1)NC1CCN(c2c(F)cccc2F)C1. The maximum absolute atomic E-state index is 14.0. The van der Waals surface area contributed by atoms with Gasteiger partial charge in [-0.2, -0.15) is 0 Å². The number of aliphatic hydroxyl groups is 1. The van der Waals surface area contributed by atoms with Crippen LogP contribution in [0, 0.1) is 17.0 Å². The van der Waals surface area contributed by atoms with Gasteiger partial charge >= 0.3 is 0 Å². The van der Waals surface area contributed by atoms with Gasteiger partial charge in [0.25, 0.3) is 0 Å². The number of hydrogen-bond acceptors (Lipinski definition) is 4. The Kier molecular flexibility index (Phi) is 7.07. The Labute approximate surface area is 165 Å². The van der Waals surface area contributed by atoms with Crippen LogP contribution in [0.2, 0.25) is 0 Å². The predicted molar refractivity (Wildman–Crippen MR) is 106 cm³/mol. The Hall–Kier alpha value is -1.93. The molecule has 6 nitrogen and oxygen atoms in total. The standard InChI is InChI=1S/C20H30F2N4O2/c1-2-23-19(24-13-20(14-27)7-10-28-11-8-20)25-15-6-9-26(12-15)18-16(21)4-3-5-17(18)22/h3-5,15,27H,2,6-14H2,1H3,(H2,23,24,25). The van der Waals surface area contributed by atoms with E-state index in [1.54, 1.807) is 4.90 Å². The Bertz CT molecular complexity index is 660. The quantitative estimate of drug-likeness (QED) is 0.506. The van der Waals surface area contributed by atoms with Crippen LogP contribution in [0.15, 0.2) is 23.2 Å². The van der Waals surface area contributed by atoms with Crippen LogP contribution in [0.4, 0.5) is 14.5 Å². The van der Waals surface area contributed by atoms with Crippen LogP contribution in [-0.4, -0.2) is 63.1 Å². The maximum atomic E-state index is 14.0. The molecule has 0 spiro atoms. The summed E-state index contributed by atoms with van der Waals surface area (Å²) in [4.78, 5) is 6.42. The van der Waals surface area contributed by atoms with Crippen LogP contribution in [-0.2, 0) is 4.74 Å². The second-order valence-electron chi connectivity index (χ2n) is 7.61. The molecule has 0 bridgehead atoms. The van der Waals surface area contributed by atoms with Crippen molar-refractivity contribution in [1.29, 1.82) is 0 Å². The lowest BCUT2D eigenvalue weighted by molar-refractivity contribution is -0.0106. The van der Waals surface area contributed by atoms with Gasteiger partial charge in [-0.3, -0.25) is 4.99 Å². The lowest BCUT2D eigenvalue weighted by Gasteiger charge is -2.34. The molecule has 2 heterocycles. The molecule has 1 aromatic carbocycles. The fourth-order valence-corrected chi connectivity index (χ4v) is 3.80. The smallest absolute Gasteiger partial charge is 0.191 e. The monoisotopic (exact) mass is 396 g/mol. The first-order chi connectivity index (χ1) is 13.6. The van der Waals surface area contributed by atoms with E-state index >= 15 is 0 Å². The topological polar surface area (TPSA) is 69.1 Å². The molecule has 8 heteroatoms. The summed E-state index contributed by atoms with van der Waals surface area (Å²) in [5.74, 6) is -0.404. The van der Waals surface area contributed by atoms with Crippen molar-refractivity contribution in [3.8, 4) is 0 Å². The Morgan fingerprint density at radius 1 is 1.32 bits per heavy atom. The Morgan fingerprint density at radius 3 is 2.68 bits per heavy atom. The van der Waals surface area contributed by atoms with Gasteiger partial charge in [0.2, 0.25) is 0 Å². The van der Waals surface area contributed by atoms with E-state index in [4.69, 9.17) is 4.74 Å². The van der Waals surface area contributed by atoms with Gasteiger partial charge in [-0.1, -0.05) is 6.07 Å². The number of hydrogen-bond donors (Lipinski definition) is 3. The number of benzene rings is 1. The summed E-state index contributed by atoms with van der Waals surface area (Å²) in [6.07, 6.45) is 2.34. The summed E-state index contributed by atoms with van der Waals surface area (Å²) < 4.78 is 33.5. The van der Waals surface area contributed by atoms with Crippen molar-refractivity contribution in [2.75, 3.05) is 50.9 Å². The van der Waals surface area contributed by atoms with Crippen LogP contribution >= 0.6 is 0 Å². The number of nitrogens with zero attached hydrogens (tertiary/aromatic N) is 2. The van der Waals surface area contributed by atoms with Gasteiger partial charge in [0.1, 0.15) is 17.3 Å². The Morgan fingerprint density at radius 2 is 2.04 bits per heavy atom. The Balaban J connectivity index is 1.63. The summed E-state index contributed by atoms with van der Waals surface area (Å²) in [5.41, 5.74) is -0.200. The summed E-state index contributed by atoms with van der Waals surface area (Å²) in [7, 11) is 0. The number of nitrogens with one attached hydrogen (secondary N) is 2. The first kappa shape index (κ1) is 20.8. The van der Waals surface area contributed by atoms with E-state index in [0.29, 0.717) is 45.4 Å². The fourth-order valence-electron chi connectivity index (χ4n) is 3.80. The average Bonchev–Trinajstić information content (AvgIpc) is 3.15. The largest absolute Gasteiger partial charge is 0.396 e. The number of aliphatic imine (C=N–C) groups is 1. The van der Waals surface area contributed by atoms with Gasteiger partial charge in [-0.15, -0.1) is 0 Å². The van der Waals surface area contributed by atoms with E-state index in [-0.39, 0.29) is 23.8 Å². The number of ether oxygens (including phenoxy) is 1. The molecular weight excluding hydrogens is 366 g/mol. The highest BCUT2D eigenvalue weighted by atomic mass is 19.1. The van der Waals surface area contributed by atoms with Crippen molar-refractivity contribution < 1.29 is 18.6 Å². The van der Waals surface area contributed by atoms with E-state index in [1.165, 1.54) is 18.2 Å².